The van der Waals surface area contributed by atoms with Gasteiger partial charge in [-0.2, -0.15) is 4.31 Å². The van der Waals surface area contributed by atoms with Gasteiger partial charge in [0.05, 0.1) is 11.4 Å². The van der Waals surface area contributed by atoms with Gasteiger partial charge in [-0.05, 0) is 31.2 Å². The molecule has 0 fully saturated rings. The van der Waals surface area contributed by atoms with E-state index in [1.165, 1.54) is 19.2 Å². The monoisotopic (exact) mass is 299 g/mol. The van der Waals surface area contributed by atoms with Crippen LogP contribution in [0.4, 0.5) is 0 Å². The molecule has 0 bridgehead atoms. The first-order valence-corrected chi connectivity index (χ1v) is 7.81. The van der Waals surface area contributed by atoms with Crippen LogP contribution in [0.2, 0.25) is 0 Å². The number of carbonyl (C=O) groups excluding carboxylic acids is 1. The number of rotatable bonds is 7. The van der Waals surface area contributed by atoms with Crippen LogP contribution in [0.5, 0.6) is 0 Å². The highest BCUT2D eigenvalue weighted by molar-refractivity contribution is 7.89. The molecule has 0 saturated carbocycles. The van der Waals surface area contributed by atoms with Gasteiger partial charge in [0.25, 0.3) is 0 Å². The molecule has 0 aliphatic carbocycles. The normalized spacial score (nSPS) is 13.4. The Balaban J connectivity index is 2.95. The number of primary amides is 1. The third-order valence-corrected chi connectivity index (χ3v) is 4.79. The largest absolute Gasteiger partial charge is 0.369 e. The summed E-state index contributed by atoms with van der Waals surface area (Å²) in [5, 5.41) is 3.25. The van der Waals surface area contributed by atoms with Crippen molar-refractivity contribution in [1.82, 2.24) is 9.62 Å². The number of likely N-dealkylation sites (N-methyl/N-ethyl adjacent to an activating group) is 1. The van der Waals surface area contributed by atoms with Crippen LogP contribution in [0.3, 0.4) is 0 Å². The van der Waals surface area contributed by atoms with Gasteiger partial charge in [-0.15, -0.1) is 0 Å². The lowest BCUT2D eigenvalue weighted by molar-refractivity contribution is -0.118. The first kappa shape index (κ1) is 16.6. The second-order valence-electron chi connectivity index (χ2n) is 4.58. The fourth-order valence-corrected chi connectivity index (χ4v) is 2.97. The van der Waals surface area contributed by atoms with E-state index in [1.54, 1.807) is 12.1 Å². The van der Waals surface area contributed by atoms with Crippen LogP contribution in [0.15, 0.2) is 29.2 Å². The molecule has 0 aromatic heterocycles. The fourth-order valence-electron chi connectivity index (χ4n) is 1.84. The van der Waals surface area contributed by atoms with E-state index in [0.717, 1.165) is 16.4 Å². The van der Waals surface area contributed by atoms with Gasteiger partial charge < -0.3 is 11.1 Å². The van der Waals surface area contributed by atoms with E-state index in [2.05, 4.69) is 5.32 Å². The van der Waals surface area contributed by atoms with Crippen molar-refractivity contribution < 1.29 is 13.2 Å². The number of sulfonamides is 1. The van der Waals surface area contributed by atoms with Gasteiger partial charge in [-0.3, -0.25) is 4.79 Å². The summed E-state index contributed by atoms with van der Waals surface area (Å²) < 4.78 is 25.3. The third kappa shape index (κ3) is 4.03. The number of nitrogens with two attached hydrogens (primary N) is 1. The number of carbonyl (C=O) groups is 1. The Hall–Kier alpha value is -1.44. The smallest absolute Gasteiger partial charge is 0.243 e. The number of nitrogens with one attached hydrogen (secondary N) is 1. The predicted octanol–water partition coefficient (Wildman–Crippen LogP) is 0.463. The van der Waals surface area contributed by atoms with E-state index in [4.69, 9.17) is 5.73 Å². The van der Waals surface area contributed by atoms with Crippen molar-refractivity contribution in [2.24, 2.45) is 5.73 Å². The molecule has 7 heteroatoms. The number of nitrogens with zero attached hydrogens (tertiary/aromatic N) is 1. The zero-order chi connectivity index (χ0) is 15.3. The molecule has 1 amide bonds. The van der Waals surface area contributed by atoms with Crippen LogP contribution in [-0.2, 0) is 14.8 Å². The fraction of sp³-hybridized carbons (Fsp3) is 0.462. The number of hydrogen-bond donors (Lipinski definition) is 2. The lowest BCUT2D eigenvalue weighted by atomic mass is 10.1. The molecule has 0 saturated heterocycles. The molecule has 0 spiro atoms. The summed E-state index contributed by atoms with van der Waals surface area (Å²) in [5.74, 6) is -0.687. The summed E-state index contributed by atoms with van der Waals surface area (Å²) in [5.41, 5.74) is 6.02. The first-order valence-electron chi connectivity index (χ1n) is 6.37. The van der Waals surface area contributed by atoms with Gasteiger partial charge in [0.2, 0.25) is 15.9 Å². The standard InChI is InChI=1S/C13H21N3O3S/c1-4-15-10(2)11-5-7-12(8-6-11)20(18,19)16(3)9-13(14)17/h5-8,10,15H,4,9H2,1-3H3,(H2,14,17). The van der Waals surface area contributed by atoms with Gasteiger partial charge in [0.15, 0.2) is 0 Å². The molecular formula is C13H21N3O3S. The highest BCUT2D eigenvalue weighted by atomic mass is 32.2. The molecule has 0 radical (unpaired) electrons. The highest BCUT2D eigenvalue weighted by Gasteiger charge is 2.22. The SMILES string of the molecule is CCNC(C)c1ccc(S(=O)(=O)N(C)CC(N)=O)cc1. The van der Waals surface area contributed by atoms with E-state index in [-0.39, 0.29) is 17.5 Å². The second-order valence-corrected chi connectivity index (χ2v) is 6.62. The van der Waals surface area contributed by atoms with E-state index >= 15 is 0 Å². The van der Waals surface area contributed by atoms with Gasteiger partial charge in [-0.25, -0.2) is 8.42 Å². The van der Waals surface area contributed by atoms with Crippen LogP contribution in [0, 0.1) is 0 Å². The average Bonchev–Trinajstić information content (AvgIpc) is 2.38. The van der Waals surface area contributed by atoms with Crippen molar-refractivity contribution in [3.8, 4) is 0 Å². The van der Waals surface area contributed by atoms with Gasteiger partial charge in [0.1, 0.15) is 0 Å². The first-order chi connectivity index (χ1) is 9.28. The Morgan fingerprint density at radius 3 is 2.35 bits per heavy atom. The molecule has 3 N–H and O–H groups in total. The number of hydrogen-bond acceptors (Lipinski definition) is 4. The van der Waals surface area contributed by atoms with Crippen molar-refractivity contribution in [3.63, 3.8) is 0 Å². The van der Waals surface area contributed by atoms with Crippen LogP contribution in [0.25, 0.3) is 0 Å². The molecule has 1 atom stereocenters. The van der Waals surface area contributed by atoms with E-state index in [1.807, 2.05) is 13.8 Å². The molecule has 0 heterocycles. The molecule has 6 nitrogen and oxygen atoms in total. The molecule has 20 heavy (non-hydrogen) atoms. The Morgan fingerprint density at radius 1 is 1.35 bits per heavy atom. The summed E-state index contributed by atoms with van der Waals surface area (Å²) in [6.07, 6.45) is 0. The van der Waals surface area contributed by atoms with E-state index in [9.17, 15) is 13.2 Å². The maximum Gasteiger partial charge on any atom is 0.243 e. The zero-order valence-electron chi connectivity index (χ0n) is 12.0. The van der Waals surface area contributed by atoms with Crippen LogP contribution in [-0.4, -0.2) is 38.8 Å². The molecule has 1 aromatic carbocycles. The maximum atomic E-state index is 12.2. The zero-order valence-corrected chi connectivity index (χ0v) is 12.8. The van der Waals surface area contributed by atoms with Crippen LogP contribution in [0.1, 0.15) is 25.5 Å². The summed E-state index contributed by atoms with van der Waals surface area (Å²) in [6, 6.07) is 6.75. The Labute approximate surface area is 120 Å². The van der Waals surface area contributed by atoms with Crippen molar-refractivity contribution in [1.29, 1.82) is 0 Å². The molecule has 0 aliphatic rings. The van der Waals surface area contributed by atoms with E-state index in [0.29, 0.717) is 0 Å². The quantitative estimate of drug-likeness (QED) is 0.765. The minimum atomic E-state index is -3.68. The Bertz CT molecular complexity index is 555. The third-order valence-electron chi connectivity index (χ3n) is 2.98. The molecule has 1 aromatic rings. The van der Waals surface area contributed by atoms with Gasteiger partial charge >= 0.3 is 0 Å². The highest BCUT2D eigenvalue weighted by Crippen LogP contribution is 2.18. The lowest BCUT2D eigenvalue weighted by Crippen LogP contribution is -2.35. The molecule has 0 aliphatic heterocycles. The second kappa shape index (κ2) is 6.83. The topological polar surface area (TPSA) is 92.5 Å². The van der Waals surface area contributed by atoms with Crippen LogP contribution < -0.4 is 11.1 Å². The summed E-state index contributed by atoms with van der Waals surface area (Å²) in [7, 11) is -2.35. The van der Waals surface area contributed by atoms with Crippen molar-refractivity contribution in [2.45, 2.75) is 24.8 Å². The summed E-state index contributed by atoms with van der Waals surface area (Å²) in [4.78, 5) is 11.0. The lowest BCUT2D eigenvalue weighted by Gasteiger charge is -2.17. The predicted molar refractivity (Wildman–Crippen MR) is 77.5 cm³/mol. The van der Waals surface area contributed by atoms with Crippen molar-refractivity contribution in [3.05, 3.63) is 29.8 Å². The summed E-state index contributed by atoms with van der Waals surface area (Å²) in [6.45, 7) is 4.51. The van der Waals surface area contributed by atoms with Crippen molar-refractivity contribution in [2.75, 3.05) is 20.1 Å². The minimum absolute atomic E-state index is 0.147. The maximum absolute atomic E-state index is 12.2. The van der Waals surface area contributed by atoms with Crippen molar-refractivity contribution >= 4 is 15.9 Å². The Kier molecular flexibility index (Phi) is 5.67. The summed E-state index contributed by atoms with van der Waals surface area (Å²) >= 11 is 0. The van der Waals surface area contributed by atoms with E-state index < -0.39 is 15.9 Å². The number of benzene rings is 1. The number of amides is 1. The molecule has 112 valence electrons. The van der Waals surface area contributed by atoms with Crippen LogP contribution >= 0.6 is 0 Å². The molecular weight excluding hydrogens is 278 g/mol. The molecule has 1 rings (SSSR count). The average molecular weight is 299 g/mol. The molecule has 1 unspecified atom stereocenters. The Morgan fingerprint density at radius 2 is 1.90 bits per heavy atom. The van der Waals surface area contributed by atoms with Gasteiger partial charge in [0, 0.05) is 13.1 Å². The van der Waals surface area contributed by atoms with Gasteiger partial charge in [-0.1, -0.05) is 19.1 Å². The minimum Gasteiger partial charge on any atom is -0.369 e.